The molecule has 0 saturated carbocycles. The van der Waals surface area contributed by atoms with E-state index >= 15 is 0 Å². The molecule has 2 heterocycles. The van der Waals surface area contributed by atoms with E-state index < -0.39 is 12.6 Å². The fraction of sp³-hybridized carbons (Fsp3) is 0.400. The first-order valence-electron chi connectivity index (χ1n) is 14.7. The van der Waals surface area contributed by atoms with Crippen LogP contribution in [0.1, 0.15) is 82.3 Å². The quantitative estimate of drug-likeness (QED) is 0.152. The van der Waals surface area contributed by atoms with Crippen molar-refractivity contribution in [3.8, 4) is 0 Å². The van der Waals surface area contributed by atoms with Gasteiger partial charge >= 0.3 is 0 Å². The molecule has 5 rings (SSSR count). The highest BCUT2D eigenvalue weighted by molar-refractivity contribution is 6.11. The van der Waals surface area contributed by atoms with Crippen molar-refractivity contribution in [2.24, 2.45) is 5.92 Å². The van der Waals surface area contributed by atoms with Crippen LogP contribution in [0.2, 0.25) is 0 Å². The highest BCUT2D eigenvalue weighted by Crippen LogP contribution is 2.41. The van der Waals surface area contributed by atoms with Gasteiger partial charge in [0.1, 0.15) is 5.82 Å². The van der Waals surface area contributed by atoms with Crippen molar-refractivity contribution in [1.29, 1.82) is 0 Å². The summed E-state index contributed by atoms with van der Waals surface area (Å²) in [6, 6.07) is 20.6. The average Bonchev–Trinajstić information content (AvgIpc) is 2.99. The maximum absolute atomic E-state index is 10.9. The topological polar surface area (TPSA) is 72.8 Å². The van der Waals surface area contributed by atoms with E-state index in [1.54, 1.807) is 0 Å². The molecule has 1 aliphatic rings. The Morgan fingerprint density at radius 2 is 1.76 bits per heavy atom. The normalized spacial score (nSPS) is 15.8. The molecule has 1 aromatic heterocycles. The number of anilines is 1. The second-order valence-electron chi connectivity index (χ2n) is 11.6. The van der Waals surface area contributed by atoms with Gasteiger partial charge in [-0.15, -0.1) is 0 Å². The summed E-state index contributed by atoms with van der Waals surface area (Å²) >= 11 is 0. The monoisotopic (exact) mass is 554 g/mol. The van der Waals surface area contributed by atoms with Gasteiger partial charge in [0.25, 0.3) is 0 Å². The van der Waals surface area contributed by atoms with E-state index in [1.807, 2.05) is 43.5 Å². The van der Waals surface area contributed by atoms with Crippen LogP contribution in [0.5, 0.6) is 0 Å². The largest absolute Gasteiger partial charge is 0.364 e. The number of fused-ring (bicyclic) bond motifs is 3. The van der Waals surface area contributed by atoms with Crippen molar-refractivity contribution in [1.82, 2.24) is 4.98 Å². The van der Waals surface area contributed by atoms with Crippen molar-refractivity contribution in [3.05, 3.63) is 89.1 Å². The van der Waals surface area contributed by atoms with E-state index in [9.17, 15) is 5.11 Å². The van der Waals surface area contributed by atoms with Crippen LogP contribution in [0.15, 0.2) is 66.9 Å². The summed E-state index contributed by atoms with van der Waals surface area (Å²) < 4.78 is 17.6. The van der Waals surface area contributed by atoms with Crippen LogP contribution in [-0.4, -0.2) is 29.9 Å². The number of hydrogen-bond donors (Lipinski definition) is 2. The first-order valence-corrected chi connectivity index (χ1v) is 14.7. The average molecular weight is 555 g/mol. The van der Waals surface area contributed by atoms with Crippen molar-refractivity contribution in [2.45, 2.75) is 65.5 Å². The van der Waals surface area contributed by atoms with Gasteiger partial charge in [0, 0.05) is 34.7 Å². The smallest absolute Gasteiger partial charge is 0.184 e. The number of ether oxygens (including phenoxy) is 3. The second kappa shape index (κ2) is 12.7. The first-order chi connectivity index (χ1) is 19.8. The number of benzene rings is 3. The second-order valence-corrected chi connectivity index (χ2v) is 11.6. The minimum atomic E-state index is -1.06. The summed E-state index contributed by atoms with van der Waals surface area (Å²) in [6.07, 6.45) is 3.97. The van der Waals surface area contributed by atoms with Gasteiger partial charge in [0.15, 0.2) is 12.6 Å². The molecule has 1 unspecified atom stereocenters. The number of hydrogen-bond acceptors (Lipinski definition) is 6. The van der Waals surface area contributed by atoms with E-state index in [-0.39, 0.29) is 5.41 Å². The van der Waals surface area contributed by atoms with Crippen LogP contribution < -0.4 is 5.32 Å². The zero-order chi connectivity index (χ0) is 29.0. The van der Waals surface area contributed by atoms with E-state index in [4.69, 9.17) is 19.2 Å². The van der Waals surface area contributed by atoms with Crippen molar-refractivity contribution < 1.29 is 19.3 Å². The van der Waals surface area contributed by atoms with Crippen molar-refractivity contribution in [2.75, 3.05) is 25.1 Å². The van der Waals surface area contributed by atoms with Crippen LogP contribution >= 0.6 is 0 Å². The van der Waals surface area contributed by atoms with Crippen LogP contribution in [0.25, 0.3) is 27.8 Å². The lowest BCUT2D eigenvalue weighted by molar-refractivity contribution is -0.183. The molecule has 3 aromatic carbocycles. The summed E-state index contributed by atoms with van der Waals surface area (Å²) in [5.41, 5.74) is 4.46. The molecule has 41 heavy (non-hydrogen) atoms. The third-order valence-electron chi connectivity index (χ3n) is 8.34. The Hall–Kier alpha value is -3.29. The third kappa shape index (κ3) is 6.02. The summed E-state index contributed by atoms with van der Waals surface area (Å²) in [7, 11) is 0. The Balaban J connectivity index is 1.61. The molecular formula is C35H42N2O4. The number of aliphatic hydroxyl groups excluding tert-OH is 1. The fourth-order valence-electron chi connectivity index (χ4n) is 5.37. The molecule has 0 bridgehead atoms. The Kier molecular flexibility index (Phi) is 9.05. The number of nitrogens with one attached hydrogen (secondary N) is 1. The standard InChI is InChI=1S/C35H42N2O4/c1-6-20-39-33(38)27-14-9-15-28(34-40-21-11-22-41-34)24(27)18-19-36-32-31-26(25-12-7-8-17-30(25)37-32)13-10-16-29(31)35(4,5)23(2)3/h7-10,12-19,23,33-34,38H,6,11,20-22H2,1-5H3,(H,36,37)/b19-18+. The van der Waals surface area contributed by atoms with Crippen molar-refractivity contribution in [3.63, 3.8) is 0 Å². The fourth-order valence-corrected chi connectivity index (χ4v) is 5.37. The molecule has 0 radical (unpaired) electrons. The maximum atomic E-state index is 10.9. The highest BCUT2D eigenvalue weighted by Gasteiger charge is 2.28. The van der Waals surface area contributed by atoms with E-state index in [1.165, 1.54) is 10.9 Å². The molecular weight excluding hydrogens is 512 g/mol. The van der Waals surface area contributed by atoms with E-state index in [0.29, 0.717) is 31.3 Å². The number of pyridine rings is 1. The molecule has 0 spiro atoms. The Bertz CT molecular complexity index is 1520. The number of rotatable bonds is 10. The summed E-state index contributed by atoms with van der Waals surface area (Å²) in [5, 5.41) is 17.9. The van der Waals surface area contributed by atoms with Gasteiger partial charge in [-0.3, -0.25) is 0 Å². The molecule has 6 nitrogen and oxygen atoms in total. The summed E-state index contributed by atoms with van der Waals surface area (Å²) in [4.78, 5) is 5.09. The molecule has 1 aliphatic heterocycles. The number of para-hydroxylation sites is 1. The van der Waals surface area contributed by atoms with E-state index in [0.717, 1.165) is 46.1 Å². The van der Waals surface area contributed by atoms with E-state index in [2.05, 4.69) is 69.4 Å². The lowest BCUT2D eigenvalue weighted by atomic mass is 9.73. The molecule has 0 amide bonds. The van der Waals surface area contributed by atoms with Gasteiger partial charge in [0.2, 0.25) is 0 Å². The van der Waals surface area contributed by atoms with Crippen LogP contribution in [0.3, 0.4) is 0 Å². The third-order valence-corrected chi connectivity index (χ3v) is 8.34. The SMILES string of the molecule is CCCOC(O)c1cccc(C2OCCCO2)c1/C=C/Nc1nc2ccccc2c2cccc(C(C)(C)C(C)C)c12. The predicted molar refractivity (Wildman–Crippen MR) is 167 cm³/mol. The van der Waals surface area contributed by atoms with Gasteiger partial charge in [-0.1, -0.05) is 89.2 Å². The molecule has 2 N–H and O–H groups in total. The van der Waals surface area contributed by atoms with Gasteiger partial charge in [-0.2, -0.15) is 0 Å². The zero-order valence-corrected chi connectivity index (χ0v) is 24.8. The minimum Gasteiger partial charge on any atom is -0.364 e. The molecule has 1 fully saturated rings. The Morgan fingerprint density at radius 3 is 2.51 bits per heavy atom. The molecule has 0 aliphatic carbocycles. The van der Waals surface area contributed by atoms with Gasteiger partial charge in [-0.05, 0) is 52.8 Å². The summed E-state index contributed by atoms with van der Waals surface area (Å²) in [5.74, 6) is 1.23. The summed E-state index contributed by atoms with van der Waals surface area (Å²) in [6.45, 7) is 12.9. The maximum Gasteiger partial charge on any atom is 0.184 e. The highest BCUT2D eigenvalue weighted by atomic mass is 16.7. The van der Waals surface area contributed by atoms with Gasteiger partial charge < -0.3 is 24.6 Å². The van der Waals surface area contributed by atoms with Gasteiger partial charge in [-0.25, -0.2) is 4.98 Å². The molecule has 4 aromatic rings. The minimum absolute atomic E-state index is 0.0695. The first kappa shape index (κ1) is 29.2. The number of aromatic nitrogens is 1. The predicted octanol–water partition coefficient (Wildman–Crippen LogP) is 8.26. The Morgan fingerprint density at radius 1 is 1.02 bits per heavy atom. The zero-order valence-electron chi connectivity index (χ0n) is 24.8. The lowest BCUT2D eigenvalue weighted by Gasteiger charge is -2.32. The lowest BCUT2D eigenvalue weighted by Crippen LogP contribution is -2.25. The molecule has 1 saturated heterocycles. The van der Waals surface area contributed by atoms with Gasteiger partial charge in [0.05, 0.1) is 18.7 Å². The molecule has 216 valence electrons. The molecule has 6 heteroatoms. The van der Waals surface area contributed by atoms with Crippen LogP contribution in [0.4, 0.5) is 5.82 Å². The van der Waals surface area contributed by atoms with Crippen molar-refractivity contribution >= 4 is 33.6 Å². The van der Waals surface area contributed by atoms with Crippen LogP contribution in [0, 0.1) is 5.92 Å². The molecule has 1 atom stereocenters. The van der Waals surface area contributed by atoms with Crippen LogP contribution in [-0.2, 0) is 19.6 Å². The number of nitrogens with zero attached hydrogens (tertiary/aromatic N) is 1. The Labute approximate surface area is 243 Å². The number of aliphatic hydroxyl groups is 1.